The minimum atomic E-state index is -3.02. The quantitative estimate of drug-likeness (QED) is 0.662. The van der Waals surface area contributed by atoms with E-state index in [2.05, 4.69) is 15.4 Å². The van der Waals surface area contributed by atoms with Gasteiger partial charge in [-0.2, -0.15) is 8.78 Å². The van der Waals surface area contributed by atoms with Crippen molar-refractivity contribution in [2.75, 3.05) is 32.7 Å². The van der Waals surface area contributed by atoms with Crippen LogP contribution in [-0.4, -0.2) is 67.3 Å². The van der Waals surface area contributed by atoms with Crippen LogP contribution in [0.25, 0.3) is 0 Å². The summed E-state index contributed by atoms with van der Waals surface area (Å²) in [6, 6.07) is 5.88. The Bertz CT molecular complexity index is 704. The van der Waals surface area contributed by atoms with Gasteiger partial charge in [0.25, 0.3) is 5.91 Å². The van der Waals surface area contributed by atoms with Crippen LogP contribution in [0.2, 0.25) is 0 Å². The van der Waals surface area contributed by atoms with Gasteiger partial charge < -0.3 is 25.4 Å². The minimum Gasteiger partial charge on any atom is -0.434 e. The van der Waals surface area contributed by atoms with Gasteiger partial charge in [-0.1, -0.05) is 12.1 Å². The maximum absolute atomic E-state index is 12.8. The number of ether oxygens (including phenoxy) is 1. The second-order valence-corrected chi connectivity index (χ2v) is 7.20. The number of hydrogen-bond donors (Lipinski definition) is 3. The molecule has 2 aliphatic heterocycles. The Labute approximate surface area is 162 Å². The molecule has 0 aromatic heterocycles. The Kier molecular flexibility index (Phi) is 6.79. The predicted octanol–water partition coefficient (Wildman–Crippen LogP) is 0.837. The molecular formula is C19H25F2N3O4. The molecule has 1 aromatic rings. The smallest absolute Gasteiger partial charge is 0.387 e. The van der Waals surface area contributed by atoms with E-state index in [1.54, 1.807) is 6.07 Å². The van der Waals surface area contributed by atoms with Gasteiger partial charge in [0, 0.05) is 38.6 Å². The van der Waals surface area contributed by atoms with Gasteiger partial charge in [0.1, 0.15) is 5.75 Å². The molecule has 28 heavy (non-hydrogen) atoms. The van der Waals surface area contributed by atoms with Crippen LogP contribution in [0.15, 0.2) is 24.3 Å². The number of carbonyl (C=O) groups excluding carboxylic acids is 2. The highest BCUT2D eigenvalue weighted by atomic mass is 19.3. The lowest BCUT2D eigenvalue weighted by atomic mass is 9.96. The molecule has 2 aliphatic rings. The lowest BCUT2D eigenvalue weighted by Gasteiger charge is -2.32. The molecule has 3 rings (SSSR count). The number of nitrogens with one attached hydrogen (secondary N) is 2. The third-order valence-electron chi connectivity index (χ3n) is 5.26. The lowest BCUT2D eigenvalue weighted by Crippen LogP contribution is -2.46. The SMILES string of the molecule is O=C(NCC1CNCC1O)C1CCCN(C(=O)c2ccccc2OC(F)F)C1. The van der Waals surface area contributed by atoms with Crippen LogP contribution in [0.5, 0.6) is 5.75 Å². The van der Waals surface area contributed by atoms with Gasteiger partial charge in [-0.25, -0.2) is 0 Å². The highest BCUT2D eigenvalue weighted by Crippen LogP contribution is 2.25. The Morgan fingerprint density at radius 2 is 2.11 bits per heavy atom. The highest BCUT2D eigenvalue weighted by Gasteiger charge is 2.31. The molecule has 3 N–H and O–H groups in total. The standard InChI is InChI=1S/C19H25F2N3O4/c20-19(21)28-16-6-2-1-5-14(16)18(27)24-7-3-4-12(11-24)17(26)23-9-13-8-22-10-15(13)25/h1-2,5-6,12-13,15,19,22,25H,3-4,7-11H2,(H,23,26). The van der Waals surface area contributed by atoms with Crippen molar-refractivity contribution < 1.29 is 28.2 Å². The number of benzene rings is 1. The monoisotopic (exact) mass is 397 g/mol. The summed E-state index contributed by atoms with van der Waals surface area (Å²) < 4.78 is 29.6. The topological polar surface area (TPSA) is 90.9 Å². The van der Waals surface area contributed by atoms with Crippen molar-refractivity contribution >= 4 is 11.8 Å². The zero-order chi connectivity index (χ0) is 20.1. The van der Waals surface area contributed by atoms with E-state index >= 15 is 0 Å². The Morgan fingerprint density at radius 3 is 2.82 bits per heavy atom. The van der Waals surface area contributed by atoms with E-state index in [1.807, 2.05) is 0 Å². The summed E-state index contributed by atoms with van der Waals surface area (Å²) in [5, 5.41) is 15.7. The van der Waals surface area contributed by atoms with E-state index in [4.69, 9.17) is 0 Å². The first-order valence-corrected chi connectivity index (χ1v) is 9.45. The fraction of sp³-hybridized carbons (Fsp3) is 0.579. The Morgan fingerprint density at radius 1 is 1.32 bits per heavy atom. The molecule has 2 fully saturated rings. The Hall–Kier alpha value is -2.26. The van der Waals surface area contributed by atoms with Gasteiger partial charge in [0.15, 0.2) is 0 Å². The maximum Gasteiger partial charge on any atom is 0.387 e. The number of alkyl halides is 2. The number of aliphatic hydroxyl groups excluding tert-OH is 1. The van der Waals surface area contributed by atoms with E-state index in [9.17, 15) is 23.5 Å². The van der Waals surface area contributed by atoms with Crippen molar-refractivity contribution in [2.24, 2.45) is 11.8 Å². The summed E-state index contributed by atoms with van der Waals surface area (Å²) in [7, 11) is 0. The molecule has 1 aromatic carbocycles. The first kappa shape index (κ1) is 20.5. The molecule has 3 atom stereocenters. The van der Waals surface area contributed by atoms with Crippen molar-refractivity contribution in [3.05, 3.63) is 29.8 Å². The summed E-state index contributed by atoms with van der Waals surface area (Å²) in [5.74, 6) is -1.15. The molecule has 0 bridgehead atoms. The number of halogens is 2. The molecule has 2 amide bonds. The molecule has 3 unspecified atom stereocenters. The normalized spacial score (nSPS) is 25.0. The second kappa shape index (κ2) is 9.29. The maximum atomic E-state index is 12.8. The third-order valence-corrected chi connectivity index (χ3v) is 5.26. The second-order valence-electron chi connectivity index (χ2n) is 7.20. The average molecular weight is 397 g/mol. The molecule has 0 radical (unpaired) electrons. The van der Waals surface area contributed by atoms with Gasteiger partial charge in [-0.05, 0) is 25.0 Å². The van der Waals surface area contributed by atoms with Crippen LogP contribution >= 0.6 is 0 Å². The molecule has 2 heterocycles. The first-order chi connectivity index (χ1) is 13.5. The number of piperidine rings is 1. The van der Waals surface area contributed by atoms with E-state index in [0.29, 0.717) is 39.0 Å². The largest absolute Gasteiger partial charge is 0.434 e. The van der Waals surface area contributed by atoms with Crippen molar-refractivity contribution in [1.29, 1.82) is 0 Å². The average Bonchev–Trinajstić information content (AvgIpc) is 3.10. The number of amides is 2. The van der Waals surface area contributed by atoms with E-state index in [-0.39, 0.29) is 35.6 Å². The van der Waals surface area contributed by atoms with Crippen molar-refractivity contribution in [1.82, 2.24) is 15.5 Å². The van der Waals surface area contributed by atoms with E-state index < -0.39 is 18.6 Å². The molecule has 9 heteroatoms. The van der Waals surface area contributed by atoms with Crippen molar-refractivity contribution in [3.8, 4) is 5.75 Å². The van der Waals surface area contributed by atoms with Crippen molar-refractivity contribution in [2.45, 2.75) is 25.6 Å². The van der Waals surface area contributed by atoms with Crippen molar-refractivity contribution in [3.63, 3.8) is 0 Å². The molecule has 7 nitrogen and oxygen atoms in total. The summed E-state index contributed by atoms with van der Waals surface area (Å²) in [6.45, 7) is -0.794. The molecule has 0 saturated carbocycles. The molecule has 154 valence electrons. The number of nitrogens with zero attached hydrogens (tertiary/aromatic N) is 1. The lowest BCUT2D eigenvalue weighted by molar-refractivity contribution is -0.126. The van der Waals surface area contributed by atoms with Gasteiger partial charge in [0.2, 0.25) is 5.91 Å². The highest BCUT2D eigenvalue weighted by molar-refractivity contribution is 5.97. The van der Waals surface area contributed by atoms with Crippen LogP contribution in [-0.2, 0) is 4.79 Å². The summed E-state index contributed by atoms with van der Waals surface area (Å²) in [5.41, 5.74) is 0.0593. The summed E-state index contributed by atoms with van der Waals surface area (Å²) >= 11 is 0. The number of aliphatic hydroxyl groups is 1. The van der Waals surface area contributed by atoms with Gasteiger partial charge >= 0.3 is 6.61 Å². The van der Waals surface area contributed by atoms with Crippen LogP contribution in [0.1, 0.15) is 23.2 Å². The molecular weight excluding hydrogens is 372 g/mol. The van der Waals surface area contributed by atoms with Crippen LogP contribution in [0.4, 0.5) is 8.78 Å². The Balaban J connectivity index is 1.60. The van der Waals surface area contributed by atoms with Crippen LogP contribution < -0.4 is 15.4 Å². The molecule has 0 aliphatic carbocycles. The van der Waals surface area contributed by atoms with Gasteiger partial charge in [-0.15, -0.1) is 0 Å². The first-order valence-electron chi connectivity index (χ1n) is 9.45. The number of para-hydroxylation sites is 1. The van der Waals surface area contributed by atoms with Gasteiger partial charge in [-0.3, -0.25) is 9.59 Å². The number of rotatable bonds is 6. The van der Waals surface area contributed by atoms with E-state index in [1.165, 1.54) is 23.1 Å². The summed E-state index contributed by atoms with van der Waals surface area (Å²) in [6.07, 6.45) is 0.821. The zero-order valence-electron chi connectivity index (χ0n) is 15.4. The predicted molar refractivity (Wildman–Crippen MR) is 97.1 cm³/mol. The fourth-order valence-electron chi connectivity index (χ4n) is 3.69. The number of hydrogen-bond acceptors (Lipinski definition) is 5. The third kappa shape index (κ3) is 4.96. The van der Waals surface area contributed by atoms with Crippen LogP contribution in [0, 0.1) is 11.8 Å². The summed E-state index contributed by atoms with van der Waals surface area (Å²) in [4.78, 5) is 26.8. The number of β-amino-alcohol motifs (C(OH)–C–C–N with tert-alkyl or cyclic N) is 1. The zero-order valence-corrected chi connectivity index (χ0v) is 15.4. The molecule has 2 saturated heterocycles. The van der Waals surface area contributed by atoms with Gasteiger partial charge in [0.05, 0.1) is 17.6 Å². The minimum absolute atomic E-state index is 0.0244. The molecule has 0 spiro atoms. The van der Waals surface area contributed by atoms with E-state index in [0.717, 1.165) is 0 Å². The number of carbonyl (C=O) groups is 2. The number of likely N-dealkylation sites (tertiary alicyclic amines) is 1. The fourth-order valence-corrected chi connectivity index (χ4v) is 3.69. The van der Waals surface area contributed by atoms with Crippen LogP contribution in [0.3, 0.4) is 0 Å².